The number of nitrogens with one attached hydrogen (secondary N) is 2. The molecule has 3 aromatic rings. The smallest absolute Gasteiger partial charge is 0.238 e. The number of hydrogen-bond donors (Lipinski definition) is 2. The molecule has 1 aromatic carbocycles. The topological polar surface area (TPSA) is 95.9 Å². The van der Waals surface area contributed by atoms with Gasteiger partial charge >= 0.3 is 0 Å². The van der Waals surface area contributed by atoms with E-state index in [9.17, 15) is 9.59 Å². The number of benzene rings is 1. The van der Waals surface area contributed by atoms with Crippen molar-refractivity contribution < 1.29 is 9.59 Å². The number of aromatic amines is 1. The summed E-state index contributed by atoms with van der Waals surface area (Å²) >= 11 is 0. The van der Waals surface area contributed by atoms with Crippen molar-refractivity contribution in [1.82, 2.24) is 24.6 Å². The number of aromatic nitrogens is 4. The molecule has 3 rings (SSSR count). The van der Waals surface area contributed by atoms with Gasteiger partial charge in [0.1, 0.15) is 6.33 Å². The summed E-state index contributed by atoms with van der Waals surface area (Å²) in [5.41, 5.74) is 4.16. The van der Waals surface area contributed by atoms with Gasteiger partial charge in [0.05, 0.1) is 13.1 Å². The molecule has 146 valence electrons. The van der Waals surface area contributed by atoms with Crippen LogP contribution in [0.1, 0.15) is 27.3 Å². The molecule has 0 saturated carbocycles. The largest absolute Gasteiger partial charge is 0.325 e. The van der Waals surface area contributed by atoms with Crippen LogP contribution in [0.5, 0.6) is 0 Å². The van der Waals surface area contributed by atoms with E-state index in [1.165, 1.54) is 6.33 Å². The molecule has 2 aromatic heterocycles. The van der Waals surface area contributed by atoms with E-state index in [0.717, 1.165) is 22.6 Å². The SMILES string of the molecule is Cc1ccc(NC(=O)CN(C)CC(=O)c2cc(C)n(-c3ncn[nH]3)c2C)cc1. The Kier molecular flexibility index (Phi) is 5.70. The number of amides is 1. The highest BCUT2D eigenvalue weighted by Gasteiger charge is 2.19. The summed E-state index contributed by atoms with van der Waals surface area (Å²) in [6.45, 7) is 6.03. The maximum absolute atomic E-state index is 12.8. The zero-order valence-electron chi connectivity index (χ0n) is 16.5. The van der Waals surface area contributed by atoms with Crippen molar-refractivity contribution in [2.24, 2.45) is 0 Å². The average Bonchev–Trinajstić information content (AvgIpc) is 3.24. The Morgan fingerprint density at radius 2 is 1.86 bits per heavy atom. The number of nitrogens with zero attached hydrogens (tertiary/aromatic N) is 4. The van der Waals surface area contributed by atoms with E-state index in [1.807, 2.05) is 55.7 Å². The minimum atomic E-state index is -0.161. The molecule has 1 amide bonds. The summed E-state index contributed by atoms with van der Waals surface area (Å²) in [6, 6.07) is 9.42. The first-order valence-electron chi connectivity index (χ1n) is 8.98. The van der Waals surface area contributed by atoms with E-state index in [-0.39, 0.29) is 24.8 Å². The van der Waals surface area contributed by atoms with Gasteiger partial charge in [0.2, 0.25) is 11.9 Å². The average molecular weight is 380 g/mol. The Morgan fingerprint density at radius 1 is 1.14 bits per heavy atom. The summed E-state index contributed by atoms with van der Waals surface area (Å²) in [4.78, 5) is 30.8. The molecule has 0 fully saturated rings. The van der Waals surface area contributed by atoms with Gasteiger partial charge in [-0.1, -0.05) is 17.7 Å². The van der Waals surface area contributed by atoms with Crippen LogP contribution in [0.3, 0.4) is 0 Å². The van der Waals surface area contributed by atoms with Crippen molar-refractivity contribution in [1.29, 1.82) is 0 Å². The minimum absolute atomic E-state index is 0.0514. The highest BCUT2D eigenvalue weighted by Crippen LogP contribution is 2.19. The fourth-order valence-electron chi connectivity index (χ4n) is 3.15. The van der Waals surface area contributed by atoms with Gasteiger partial charge in [-0.25, -0.2) is 5.10 Å². The van der Waals surface area contributed by atoms with Crippen LogP contribution in [0.15, 0.2) is 36.7 Å². The molecule has 28 heavy (non-hydrogen) atoms. The summed E-state index contributed by atoms with van der Waals surface area (Å²) in [5.74, 6) is 0.357. The van der Waals surface area contributed by atoms with E-state index < -0.39 is 0 Å². The lowest BCUT2D eigenvalue weighted by atomic mass is 10.1. The quantitative estimate of drug-likeness (QED) is 0.613. The predicted molar refractivity (Wildman–Crippen MR) is 107 cm³/mol. The Hall–Kier alpha value is -3.26. The van der Waals surface area contributed by atoms with Gasteiger partial charge in [0, 0.05) is 22.6 Å². The normalized spacial score (nSPS) is 11.0. The van der Waals surface area contributed by atoms with Crippen molar-refractivity contribution in [3.63, 3.8) is 0 Å². The standard InChI is InChI=1S/C20H24N6O2/c1-13-5-7-16(8-6-13)23-19(28)11-25(4)10-18(27)17-9-14(2)26(15(17)3)20-21-12-22-24-20/h5-9,12H,10-11H2,1-4H3,(H,23,28)(H,21,22,24). The zero-order chi connectivity index (χ0) is 20.3. The maximum atomic E-state index is 12.8. The molecule has 2 heterocycles. The molecule has 0 bridgehead atoms. The Balaban J connectivity index is 1.62. The summed E-state index contributed by atoms with van der Waals surface area (Å²) in [7, 11) is 1.75. The van der Waals surface area contributed by atoms with Crippen LogP contribution in [0.4, 0.5) is 5.69 Å². The number of carbonyl (C=O) groups is 2. The van der Waals surface area contributed by atoms with Crippen LogP contribution in [0.25, 0.3) is 5.95 Å². The number of carbonyl (C=O) groups excluding carboxylic acids is 2. The van der Waals surface area contributed by atoms with Gasteiger partial charge in [0.15, 0.2) is 5.78 Å². The number of anilines is 1. The third kappa shape index (κ3) is 4.34. The van der Waals surface area contributed by atoms with Crippen LogP contribution < -0.4 is 5.32 Å². The molecule has 0 radical (unpaired) electrons. The van der Waals surface area contributed by atoms with Crippen molar-refractivity contribution in [3.05, 3.63) is 59.2 Å². The number of aryl methyl sites for hydroxylation is 2. The molecule has 0 saturated heterocycles. The van der Waals surface area contributed by atoms with Gasteiger partial charge < -0.3 is 5.32 Å². The molecule has 0 aliphatic rings. The molecular formula is C20H24N6O2. The first kappa shape index (κ1) is 19.5. The molecular weight excluding hydrogens is 356 g/mol. The fraction of sp³-hybridized carbons (Fsp3) is 0.300. The second-order valence-corrected chi connectivity index (χ2v) is 6.94. The monoisotopic (exact) mass is 380 g/mol. The van der Waals surface area contributed by atoms with Crippen molar-refractivity contribution in [2.45, 2.75) is 20.8 Å². The van der Waals surface area contributed by atoms with Crippen LogP contribution >= 0.6 is 0 Å². The van der Waals surface area contributed by atoms with Gasteiger partial charge in [-0.15, -0.1) is 0 Å². The third-order valence-corrected chi connectivity index (χ3v) is 4.51. The Morgan fingerprint density at radius 3 is 2.50 bits per heavy atom. The maximum Gasteiger partial charge on any atom is 0.238 e. The van der Waals surface area contributed by atoms with Crippen molar-refractivity contribution >= 4 is 17.4 Å². The Labute approximate surface area is 163 Å². The fourth-order valence-corrected chi connectivity index (χ4v) is 3.15. The molecule has 0 aliphatic carbocycles. The summed E-state index contributed by atoms with van der Waals surface area (Å²) < 4.78 is 1.85. The second-order valence-electron chi connectivity index (χ2n) is 6.94. The molecule has 8 heteroatoms. The van der Waals surface area contributed by atoms with Gasteiger partial charge in [0.25, 0.3) is 0 Å². The van der Waals surface area contributed by atoms with Gasteiger partial charge in [-0.05, 0) is 46.0 Å². The summed E-state index contributed by atoms with van der Waals surface area (Å²) in [6.07, 6.45) is 1.43. The number of rotatable bonds is 7. The van der Waals surface area contributed by atoms with Crippen molar-refractivity contribution in [2.75, 3.05) is 25.5 Å². The number of hydrogen-bond acceptors (Lipinski definition) is 5. The van der Waals surface area contributed by atoms with Crippen LogP contribution in [-0.4, -0.2) is 56.5 Å². The van der Waals surface area contributed by atoms with Crippen LogP contribution in [0.2, 0.25) is 0 Å². The number of ketones is 1. The lowest BCUT2D eigenvalue weighted by molar-refractivity contribution is -0.116. The lowest BCUT2D eigenvalue weighted by Crippen LogP contribution is -2.34. The second kappa shape index (κ2) is 8.18. The third-order valence-electron chi connectivity index (χ3n) is 4.51. The number of H-pyrrole nitrogens is 1. The zero-order valence-corrected chi connectivity index (χ0v) is 16.5. The van der Waals surface area contributed by atoms with Gasteiger partial charge in [-0.2, -0.15) is 10.1 Å². The highest BCUT2D eigenvalue weighted by molar-refractivity contribution is 5.99. The molecule has 2 N–H and O–H groups in total. The van der Waals surface area contributed by atoms with Crippen molar-refractivity contribution in [3.8, 4) is 5.95 Å². The van der Waals surface area contributed by atoms with E-state index in [4.69, 9.17) is 0 Å². The molecule has 0 aliphatic heterocycles. The number of Topliss-reactive ketones (excluding diaryl/α,β-unsaturated/α-hetero) is 1. The molecule has 0 unspecified atom stereocenters. The van der Waals surface area contributed by atoms with E-state index in [1.54, 1.807) is 11.9 Å². The first-order valence-corrected chi connectivity index (χ1v) is 8.98. The van der Waals surface area contributed by atoms with E-state index >= 15 is 0 Å². The van der Waals surface area contributed by atoms with E-state index in [2.05, 4.69) is 20.5 Å². The van der Waals surface area contributed by atoms with Crippen LogP contribution in [-0.2, 0) is 4.79 Å². The number of likely N-dealkylation sites (N-methyl/N-ethyl adjacent to an activating group) is 1. The predicted octanol–water partition coefficient (Wildman–Crippen LogP) is 2.27. The molecule has 0 atom stereocenters. The highest BCUT2D eigenvalue weighted by atomic mass is 16.2. The van der Waals surface area contributed by atoms with Gasteiger partial charge in [-0.3, -0.25) is 19.1 Å². The summed E-state index contributed by atoms with van der Waals surface area (Å²) in [5, 5.41) is 9.51. The molecule has 8 nitrogen and oxygen atoms in total. The lowest BCUT2D eigenvalue weighted by Gasteiger charge is -2.15. The van der Waals surface area contributed by atoms with E-state index in [0.29, 0.717) is 11.5 Å². The van der Waals surface area contributed by atoms with Crippen LogP contribution in [0, 0.1) is 20.8 Å². The first-order chi connectivity index (χ1) is 13.3. The minimum Gasteiger partial charge on any atom is -0.325 e. The molecule has 0 spiro atoms. The Bertz CT molecular complexity index is 973.